The lowest BCUT2D eigenvalue weighted by Crippen LogP contribution is -2.45. The van der Waals surface area contributed by atoms with E-state index in [1.54, 1.807) is 0 Å². The van der Waals surface area contributed by atoms with Crippen molar-refractivity contribution in [2.75, 3.05) is 25.1 Å². The van der Waals surface area contributed by atoms with E-state index in [0.717, 1.165) is 11.4 Å². The largest absolute Gasteiger partial charge is 0.492 e. The molecular formula is C15H23NO3. The second-order valence-corrected chi connectivity index (χ2v) is 5.30. The van der Waals surface area contributed by atoms with Crippen LogP contribution < -0.4 is 10.1 Å². The molecule has 0 bridgehead atoms. The highest BCUT2D eigenvalue weighted by molar-refractivity contribution is 5.58. The first-order valence-electron chi connectivity index (χ1n) is 6.78. The van der Waals surface area contributed by atoms with Crippen LogP contribution in [0.2, 0.25) is 0 Å². The Morgan fingerprint density at radius 1 is 1.32 bits per heavy atom. The number of ether oxygens (including phenoxy) is 3. The van der Waals surface area contributed by atoms with Crippen molar-refractivity contribution in [3.8, 4) is 5.75 Å². The fourth-order valence-corrected chi connectivity index (χ4v) is 2.02. The first kappa shape index (κ1) is 14.2. The molecule has 1 fully saturated rings. The van der Waals surface area contributed by atoms with Crippen molar-refractivity contribution < 1.29 is 14.2 Å². The summed E-state index contributed by atoms with van der Waals surface area (Å²) in [7, 11) is 0. The van der Waals surface area contributed by atoms with Gasteiger partial charge in [-0.05, 0) is 45.4 Å². The van der Waals surface area contributed by atoms with Gasteiger partial charge >= 0.3 is 0 Å². The van der Waals surface area contributed by atoms with Crippen LogP contribution in [0.5, 0.6) is 5.75 Å². The molecule has 0 unspecified atom stereocenters. The monoisotopic (exact) mass is 265 g/mol. The first-order chi connectivity index (χ1) is 9.00. The second kappa shape index (κ2) is 5.80. The summed E-state index contributed by atoms with van der Waals surface area (Å²) in [6.45, 7) is 9.83. The fraction of sp³-hybridized carbons (Fsp3) is 0.600. The maximum absolute atomic E-state index is 5.66. The third kappa shape index (κ3) is 3.85. The van der Waals surface area contributed by atoms with Gasteiger partial charge in [-0.25, -0.2) is 0 Å². The van der Waals surface area contributed by atoms with E-state index >= 15 is 0 Å². The van der Waals surface area contributed by atoms with Crippen molar-refractivity contribution in [1.82, 2.24) is 0 Å². The molecule has 0 radical (unpaired) electrons. The second-order valence-electron chi connectivity index (χ2n) is 5.30. The number of nitrogens with one attached hydrogen (secondary N) is 1. The van der Waals surface area contributed by atoms with E-state index in [1.165, 1.54) is 5.56 Å². The molecule has 0 amide bonds. The van der Waals surface area contributed by atoms with Gasteiger partial charge in [-0.1, -0.05) is 6.07 Å². The first-order valence-corrected chi connectivity index (χ1v) is 6.78. The third-order valence-electron chi connectivity index (χ3n) is 3.06. The molecule has 0 aliphatic carbocycles. The molecule has 0 saturated carbocycles. The van der Waals surface area contributed by atoms with E-state index in [1.807, 2.05) is 32.9 Å². The Bertz CT molecular complexity index is 421. The average molecular weight is 265 g/mol. The van der Waals surface area contributed by atoms with Crippen LogP contribution in [0.3, 0.4) is 0 Å². The highest BCUT2D eigenvalue weighted by Gasteiger charge is 2.28. The topological polar surface area (TPSA) is 39.7 Å². The van der Waals surface area contributed by atoms with Crippen molar-refractivity contribution in [2.45, 2.75) is 39.5 Å². The number of aryl methyl sites for hydroxylation is 1. The van der Waals surface area contributed by atoms with Crippen molar-refractivity contribution >= 4 is 5.69 Å². The Balaban J connectivity index is 2.03. The Morgan fingerprint density at radius 3 is 2.63 bits per heavy atom. The standard InChI is InChI=1S/C15H23NO3/c1-5-17-14-8-11(2)6-7-13(14)16-12-9-18-15(3,4)19-10-12/h6-8,12,16H,5,9-10H2,1-4H3. The highest BCUT2D eigenvalue weighted by atomic mass is 16.7. The summed E-state index contributed by atoms with van der Waals surface area (Å²) in [6.07, 6.45) is 0. The van der Waals surface area contributed by atoms with E-state index in [4.69, 9.17) is 14.2 Å². The number of hydrogen-bond donors (Lipinski definition) is 1. The summed E-state index contributed by atoms with van der Waals surface area (Å²) in [6, 6.07) is 6.30. The van der Waals surface area contributed by atoms with Crippen molar-refractivity contribution in [1.29, 1.82) is 0 Å². The van der Waals surface area contributed by atoms with Gasteiger partial charge in [-0.3, -0.25) is 0 Å². The van der Waals surface area contributed by atoms with Gasteiger partial charge in [0.1, 0.15) is 5.75 Å². The zero-order valence-electron chi connectivity index (χ0n) is 12.2. The van der Waals surface area contributed by atoms with Crippen molar-refractivity contribution in [3.05, 3.63) is 23.8 Å². The zero-order chi connectivity index (χ0) is 13.9. The van der Waals surface area contributed by atoms with Gasteiger partial charge in [0.15, 0.2) is 5.79 Å². The number of benzene rings is 1. The molecule has 1 aliphatic heterocycles. The molecule has 0 spiro atoms. The molecule has 0 atom stereocenters. The molecule has 106 valence electrons. The van der Waals surface area contributed by atoms with Gasteiger partial charge in [0.25, 0.3) is 0 Å². The van der Waals surface area contributed by atoms with Crippen LogP contribution in [0.1, 0.15) is 26.3 Å². The quantitative estimate of drug-likeness (QED) is 0.908. The van der Waals surface area contributed by atoms with Crippen LogP contribution in [-0.2, 0) is 9.47 Å². The fourth-order valence-electron chi connectivity index (χ4n) is 2.02. The molecule has 0 aromatic heterocycles. The van der Waals surface area contributed by atoms with Gasteiger partial charge in [-0.15, -0.1) is 0 Å². The van der Waals surface area contributed by atoms with Crippen LogP contribution in [0.15, 0.2) is 18.2 Å². The summed E-state index contributed by atoms with van der Waals surface area (Å²) >= 11 is 0. The van der Waals surface area contributed by atoms with Crippen molar-refractivity contribution in [3.63, 3.8) is 0 Å². The van der Waals surface area contributed by atoms with Gasteiger partial charge < -0.3 is 19.5 Å². The Labute approximate surface area is 115 Å². The summed E-state index contributed by atoms with van der Waals surface area (Å²) < 4.78 is 17.0. The van der Waals surface area contributed by atoms with E-state index in [9.17, 15) is 0 Å². The molecule has 1 aromatic carbocycles. The van der Waals surface area contributed by atoms with Crippen LogP contribution >= 0.6 is 0 Å². The van der Waals surface area contributed by atoms with Crippen molar-refractivity contribution in [2.24, 2.45) is 0 Å². The number of hydrogen-bond acceptors (Lipinski definition) is 4. The molecular weight excluding hydrogens is 242 g/mol. The molecule has 1 saturated heterocycles. The van der Waals surface area contributed by atoms with Crippen LogP contribution in [0, 0.1) is 6.92 Å². The molecule has 4 nitrogen and oxygen atoms in total. The summed E-state index contributed by atoms with van der Waals surface area (Å²) in [5, 5.41) is 3.42. The molecule has 1 aliphatic rings. The summed E-state index contributed by atoms with van der Waals surface area (Å²) in [4.78, 5) is 0. The molecule has 4 heteroatoms. The SMILES string of the molecule is CCOc1cc(C)ccc1NC1COC(C)(C)OC1. The van der Waals surface area contributed by atoms with Crippen LogP contribution in [0.4, 0.5) is 5.69 Å². The molecule has 19 heavy (non-hydrogen) atoms. The summed E-state index contributed by atoms with van der Waals surface area (Å²) in [5.41, 5.74) is 2.18. The Kier molecular flexibility index (Phi) is 4.32. The van der Waals surface area contributed by atoms with E-state index in [-0.39, 0.29) is 6.04 Å². The lowest BCUT2D eigenvalue weighted by Gasteiger charge is -2.35. The van der Waals surface area contributed by atoms with Gasteiger partial charge in [-0.2, -0.15) is 0 Å². The zero-order valence-corrected chi connectivity index (χ0v) is 12.2. The minimum Gasteiger partial charge on any atom is -0.492 e. The number of anilines is 1. The number of rotatable bonds is 4. The minimum atomic E-state index is -0.478. The molecule has 1 aromatic rings. The van der Waals surface area contributed by atoms with Gasteiger partial charge in [0.05, 0.1) is 31.5 Å². The maximum Gasteiger partial charge on any atom is 0.162 e. The average Bonchev–Trinajstić information content (AvgIpc) is 2.35. The molecule has 2 rings (SSSR count). The van der Waals surface area contributed by atoms with E-state index < -0.39 is 5.79 Å². The summed E-state index contributed by atoms with van der Waals surface area (Å²) in [5.74, 6) is 0.404. The van der Waals surface area contributed by atoms with Crippen LogP contribution in [-0.4, -0.2) is 31.6 Å². The minimum absolute atomic E-state index is 0.148. The highest BCUT2D eigenvalue weighted by Crippen LogP contribution is 2.28. The predicted octanol–water partition coefficient (Wildman–Crippen LogP) is 2.96. The van der Waals surface area contributed by atoms with Gasteiger partial charge in [0.2, 0.25) is 0 Å². The molecule has 1 heterocycles. The molecule has 1 N–H and O–H groups in total. The third-order valence-corrected chi connectivity index (χ3v) is 3.06. The maximum atomic E-state index is 5.66. The lowest BCUT2D eigenvalue weighted by molar-refractivity contribution is -0.247. The van der Waals surface area contributed by atoms with Crippen LogP contribution in [0.25, 0.3) is 0 Å². The Hall–Kier alpha value is -1.26. The smallest absolute Gasteiger partial charge is 0.162 e. The Morgan fingerprint density at radius 2 is 2.00 bits per heavy atom. The normalized spacial score (nSPS) is 19.2. The lowest BCUT2D eigenvalue weighted by atomic mass is 10.2. The predicted molar refractivity (Wildman–Crippen MR) is 75.7 cm³/mol. The van der Waals surface area contributed by atoms with E-state index in [2.05, 4.69) is 18.3 Å². The van der Waals surface area contributed by atoms with E-state index in [0.29, 0.717) is 19.8 Å². The van der Waals surface area contributed by atoms with Gasteiger partial charge in [0, 0.05) is 0 Å².